The summed E-state index contributed by atoms with van der Waals surface area (Å²) in [5.74, 6) is 0. The van der Waals surface area contributed by atoms with Crippen LogP contribution in [-0.2, 0) is 0 Å². The SMILES string of the molecule is CC([NH-])CC(C)NC(C)N(C)C#N. The maximum Gasteiger partial charge on any atom is 0.180 e. The zero-order valence-electron chi connectivity index (χ0n) is 8.83. The van der Waals surface area contributed by atoms with E-state index in [1.807, 2.05) is 27.0 Å². The highest BCUT2D eigenvalue weighted by Crippen LogP contribution is 2.01. The number of nitrogens with zero attached hydrogens (tertiary/aromatic N) is 2. The third kappa shape index (κ3) is 5.45. The van der Waals surface area contributed by atoms with E-state index in [1.54, 1.807) is 11.9 Å². The summed E-state index contributed by atoms with van der Waals surface area (Å²) in [7, 11) is 1.74. The summed E-state index contributed by atoms with van der Waals surface area (Å²) in [5.41, 5.74) is 7.39. The second-order valence-corrected chi connectivity index (χ2v) is 3.59. The molecule has 0 aliphatic rings. The van der Waals surface area contributed by atoms with E-state index in [4.69, 9.17) is 11.0 Å². The van der Waals surface area contributed by atoms with E-state index >= 15 is 0 Å². The van der Waals surface area contributed by atoms with Crippen LogP contribution < -0.4 is 5.32 Å². The molecule has 0 heterocycles. The Labute approximate surface area is 80.7 Å². The minimum atomic E-state index is -0.0536. The first-order valence-electron chi connectivity index (χ1n) is 4.57. The fourth-order valence-corrected chi connectivity index (χ4v) is 1.21. The summed E-state index contributed by atoms with van der Waals surface area (Å²) in [4.78, 5) is 1.56. The lowest BCUT2D eigenvalue weighted by atomic mass is 10.1. The van der Waals surface area contributed by atoms with Gasteiger partial charge in [0.25, 0.3) is 0 Å². The molecular formula is C9H19N4-. The van der Waals surface area contributed by atoms with Gasteiger partial charge in [-0.05, 0) is 13.8 Å². The average molecular weight is 183 g/mol. The number of rotatable bonds is 5. The van der Waals surface area contributed by atoms with E-state index in [9.17, 15) is 0 Å². The van der Waals surface area contributed by atoms with Gasteiger partial charge in [-0.2, -0.15) is 5.26 Å². The molecule has 0 spiro atoms. The topological polar surface area (TPSA) is 62.9 Å². The van der Waals surface area contributed by atoms with Gasteiger partial charge in [-0.25, -0.2) is 0 Å². The van der Waals surface area contributed by atoms with Crippen LogP contribution in [0.5, 0.6) is 0 Å². The highest BCUT2D eigenvalue weighted by molar-refractivity contribution is 4.79. The van der Waals surface area contributed by atoms with E-state index in [0.717, 1.165) is 6.42 Å². The summed E-state index contributed by atoms with van der Waals surface area (Å²) in [6.07, 6.45) is 2.90. The fraction of sp³-hybridized carbons (Fsp3) is 0.889. The van der Waals surface area contributed by atoms with E-state index in [1.165, 1.54) is 0 Å². The molecule has 0 saturated heterocycles. The fourth-order valence-electron chi connectivity index (χ4n) is 1.21. The Kier molecular flexibility index (Phi) is 5.44. The number of nitriles is 1. The molecule has 0 saturated carbocycles. The molecule has 76 valence electrons. The monoisotopic (exact) mass is 183 g/mol. The predicted molar refractivity (Wildman–Crippen MR) is 53.8 cm³/mol. The summed E-state index contributed by atoms with van der Waals surface area (Å²) in [5, 5.41) is 11.8. The van der Waals surface area contributed by atoms with Gasteiger partial charge >= 0.3 is 0 Å². The number of hydrogen-bond acceptors (Lipinski definition) is 3. The Balaban J connectivity index is 3.79. The van der Waals surface area contributed by atoms with E-state index in [0.29, 0.717) is 0 Å². The standard InChI is InChI=1S/C9H19N4/c1-7(11)5-8(2)12-9(3)13(4)6-10/h7-9,11-12H,5H2,1-4H3/q-1. The van der Waals surface area contributed by atoms with Crippen molar-refractivity contribution in [2.24, 2.45) is 0 Å². The largest absolute Gasteiger partial charge is 0.675 e. The third-order valence-corrected chi connectivity index (χ3v) is 1.97. The summed E-state index contributed by atoms with van der Waals surface area (Å²) >= 11 is 0. The first-order valence-corrected chi connectivity index (χ1v) is 4.57. The van der Waals surface area contributed by atoms with Crippen LogP contribution in [0.15, 0.2) is 0 Å². The van der Waals surface area contributed by atoms with Crippen molar-refractivity contribution < 1.29 is 0 Å². The summed E-state index contributed by atoms with van der Waals surface area (Å²) < 4.78 is 0. The molecule has 0 aromatic heterocycles. The third-order valence-electron chi connectivity index (χ3n) is 1.97. The van der Waals surface area contributed by atoms with Crippen LogP contribution in [0.3, 0.4) is 0 Å². The molecule has 0 aromatic rings. The van der Waals surface area contributed by atoms with Crippen LogP contribution in [0.25, 0.3) is 5.73 Å². The van der Waals surface area contributed by atoms with Gasteiger partial charge in [0, 0.05) is 13.1 Å². The van der Waals surface area contributed by atoms with Crippen molar-refractivity contribution in [3.63, 3.8) is 0 Å². The van der Waals surface area contributed by atoms with Crippen LogP contribution in [0.2, 0.25) is 0 Å². The minimum Gasteiger partial charge on any atom is -0.675 e. The molecule has 2 N–H and O–H groups in total. The van der Waals surface area contributed by atoms with Crippen molar-refractivity contribution in [2.75, 3.05) is 7.05 Å². The maximum atomic E-state index is 8.60. The van der Waals surface area contributed by atoms with E-state index < -0.39 is 0 Å². The second-order valence-electron chi connectivity index (χ2n) is 3.59. The average Bonchev–Trinajstić information content (AvgIpc) is 2.01. The molecule has 13 heavy (non-hydrogen) atoms. The number of nitrogens with one attached hydrogen (secondary N) is 2. The van der Waals surface area contributed by atoms with Gasteiger partial charge in [0.1, 0.15) is 0 Å². The molecule has 4 nitrogen and oxygen atoms in total. The summed E-state index contributed by atoms with van der Waals surface area (Å²) in [6.45, 7) is 5.85. The minimum absolute atomic E-state index is 0.0405. The van der Waals surface area contributed by atoms with Gasteiger partial charge in [0.15, 0.2) is 6.19 Å². The van der Waals surface area contributed by atoms with Crippen molar-refractivity contribution in [2.45, 2.75) is 45.4 Å². The molecule has 0 aromatic carbocycles. The van der Waals surface area contributed by atoms with Crippen LogP contribution in [0.1, 0.15) is 27.2 Å². The van der Waals surface area contributed by atoms with E-state index in [2.05, 4.69) is 5.32 Å². The van der Waals surface area contributed by atoms with E-state index in [-0.39, 0.29) is 18.2 Å². The van der Waals surface area contributed by atoms with Crippen molar-refractivity contribution >= 4 is 0 Å². The maximum absolute atomic E-state index is 8.60. The van der Waals surface area contributed by atoms with Crippen LogP contribution in [0, 0.1) is 11.5 Å². The lowest BCUT2D eigenvalue weighted by Crippen LogP contribution is -2.43. The van der Waals surface area contributed by atoms with Crippen molar-refractivity contribution in [1.29, 1.82) is 5.26 Å². The Hall–Kier alpha value is -0.790. The lowest BCUT2D eigenvalue weighted by Gasteiger charge is -2.27. The smallest absolute Gasteiger partial charge is 0.180 e. The lowest BCUT2D eigenvalue weighted by molar-refractivity contribution is 0.277. The molecule has 0 fully saturated rings. The van der Waals surface area contributed by atoms with Gasteiger partial charge < -0.3 is 5.73 Å². The molecule has 0 bridgehead atoms. The normalized spacial score (nSPS) is 17.2. The van der Waals surface area contributed by atoms with Gasteiger partial charge in [-0.15, -0.1) is 6.04 Å². The molecule has 3 unspecified atom stereocenters. The molecular weight excluding hydrogens is 164 g/mol. The molecule has 0 amide bonds. The zero-order chi connectivity index (χ0) is 10.4. The highest BCUT2D eigenvalue weighted by atomic mass is 15.2. The van der Waals surface area contributed by atoms with Crippen molar-refractivity contribution in [3.05, 3.63) is 5.73 Å². The Morgan fingerprint density at radius 3 is 2.38 bits per heavy atom. The van der Waals surface area contributed by atoms with Crippen LogP contribution in [-0.4, -0.2) is 30.2 Å². The Morgan fingerprint density at radius 2 is 2.00 bits per heavy atom. The Morgan fingerprint density at radius 1 is 1.46 bits per heavy atom. The predicted octanol–water partition coefficient (Wildman–Crippen LogP) is 1.55. The van der Waals surface area contributed by atoms with Crippen LogP contribution in [0.4, 0.5) is 0 Å². The second kappa shape index (κ2) is 5.79. The van der Waals surface area contributed by atoms with Gasteiger partial charge in [0.2, 0.25) is 0 Å². The highest BCUT2D eigenvalue weighted by Gasteiger charge is 2.09. The first-order chi connectivity index (χ1) is 5.97. The zero-order valence-corrected chi connectivity index (χ0v) is 8.83. The quantitative estimate of drug-likeness (QED) is 0.399. The molecule has 0 radical (unpaired) electrons. The van der Waals surface area contributed by atoms with Crippen molar-refractivity contribution in [3.8, 4) is 6.19 Å². The Bertz CT molecular complexity index is 173. The summed E-state index contributed by atoms with van der Waals surface area (Å²) in [6, 6.07) is 0.223. The number of hydrogen-bond donors (Lipinski definition) is 1. The van der Waals surface area contributed by atoms with Gasteiger partial charge in [-0.1, -0.05) is 13.3 Å². The molecule has 0 rings (SSSR count). The van der Waals surface area contributed by atoms with Gasteiger partial charge in [-0.3, -0.25) is 10.2 Å². The molecule has 0 aliphatic carbocycles. The van der Waals surface area contributed by atoms with Crippen LogP contribution >= 0.6 is 0 Å². The van der Waals surface area contributed by atoms with Crippen molar-refractivity contribution in [1.82, 2.24) is 10.2 Å². The first kappa shape index (κ1) is 12.2. The molecule has 0 aliphatic heterocycles. The molecule has 3 atom stereocenters. The molecule has 4 heteroatoms. The van der Waals surface area contributed by atoms with Gasteiger partial charge in [0.05, 0.1) is 6.17 Å².